The lowest BCUT2D eigenvalue weighted by Crippen LogP contribution is -2.39. The quantitative estimate of drug-likeness (QED) is 0.899. The Bertz CT molecular complexity index is 476. The van der Waals surface area contributed by atoms with Gasteiger partial charge in [0.25, 0.3) is 0 Å². The van der Waals surface area contributed by atoms with Gasteiger partial charge < -0.3 is 10.0 Å². The summed E-state index contributed by atoms with van der Waals surface area (Å²) in [4.78, 5) is 13.7. The van der Waals surface area contributed by atoms with E-state index >= 15 is 0 Å². The first-order valence-corrected chi connectivity index (χ1v) is 7.98. The molecule has 0 radical (unpaired) electrons. The van der Waals surface area contributed by atoms with Crippen molar-refractivity contribution in [3.8, 4) is 0 Å². The van der Waals surface area contributed by atoms with Crippen LogP contribution in [-0.2, 0) is 6.42 Å². The molecule has 1 aromatic carbocycles. The molecule has 0 amide bonds. The smallest absolute Gasteiger partial charge is 0.335 e. The number of hydrogen-bond acceptors (Lipinski definition) is 2. The summed E-state index contributed by atoms with van der Waals surface area (Å²) in [5.74, 6) is 0.771. The summed E-state index contributed by atoms with van der Waals surface area (Å²) in [7, 11) is 2.18. The van der Waals surface area contributed by atoms with E-state index in [2.05, 4.69) is 25.8 Å². The number of likely N-dealkylation sites (N-methyl/N-ethyl adjacent to an activating group) is 1. The van der Waals surface area contributed by atoms with Crippen LogP contribution in [0, 0.1) is 11.8 Å². The molecule has 116 valence electrons. The van der Waals surface area contributed by atoms with Crippen LogP contribution in [0.25, 0.3) is 0 Å². The monoisotopic (exact) mass is 289 g/mol. The van der Waals surface area contributed by atoms with Crippen molar-refractivity contribution in [2.24, 2.45) is 11.8 Å². The van der Waals surface area contributed by atoms with Gasteiger partial charge in [-0.05, 0) is 56.2 Å². The highest BCUT2D eigenvalue weighted by molar-refractivity contribution is 5.89. The number of carboxylic acids is 1. The highest BCUT2D eigenvalue weighted by Gasteiger charge is 2.26. The van der Waals surface area contributed by atoms with Gasteiger partial charge in [-0.1, -0.05) is 32.0 Å². The summed E-state index contributed by atoms with van der Waals surface area (Å²) in [5, 5.41) is 9.24. The second-order valence-electron chi connectivity index (χ2n) is 6.76. The summed E-state index contributed by atoms with van der Waals surface area (Å²) in [6.07, 6.45) is 4.67. The molecule has 0 bridgehead atoms. The Morgan fingerprint density at radius 1 is 1.19 bits per heavy atom. The molecule has 0 aliphatic heterocycles. The van der Waals surface area contributed by atoms with E-state index in [1.807, 2.05) is 12.1 Å². The molecule has 0 saturated heterocycles. The molecule has 1 aliphatic rings. The molecule has 2 unspecified atom stereocenters. The molecule has 0 heterocycles. The minimum atomic E-state index is -0.826. The van der Waals surface area contributed by atoms with Crippen molar-refractivity contribution in [2.45, 2.75) is 45.6 Å². The second kappa shape index (κ2) is 7.08. The Hall–Kier alpha value is -1.35. The molecule has 21 heavy (non-hydrogen) atoms. The van der Waals surface area contributed by atoms with Gasteiger partial charge in [0.05, 0.1) is 5.56 Å². The Balaban J connectivity index is 1.95. The number of aromatic carboxylic acids is 1. The van der Waals surface area contributed by atoms with Crippen molar-refractivity contribution >= 4 is 5.97 Å². The predicted molar refractivity (Wildman–Crippen MR) is 85.7 cm³/mol. The number of benzene rings is 1. The van der Waals surface area contributed by atoms with Gasteiger partial charge in [0.15, 0.2) is 0 Å². The van der Waals surface area contributed by atoms with Crippen molar-refractivity contribution < 1.29 is 9.90 Å². The Morgan fingerprint density at radius 3 is 2.43 bits per heavy atom. The van der Waals surface area contributed by atoms with Crippen LogP contribution in [0.1, 0.15) is 49.0 Å². The lowest BCUT2D eigenvalue weighted by molar-refractivity contribution is 0.0695. The molecule has 1 N–H and O–H groups in total. The number of rotatable bonds is 5. The molecule has 1 saturated carbocycles. The highest BCUT2D eigenvalue weighted by atomic mass is 16.4. The Morgan fingerprint density at radius 2 is 1.81 bits per heavy atom. The minimum absolute atomic E-state index is 0.441. The third-order valence-electron chi connectivity index (χ3n) is 4.76. The second-order valence-corrected chi connectivity index (χ2v) is 6.76. The SMILES string of the molecule is CC1CC(C)CC(N(C)CCc2ccccc2C(=O)O)C1. The van der Waals surface area contributed by atoms with Crippen LogP contribution in [0.5, 0.6) is 0 Å². The van der Waals surface area contributed by atoms with Gasteiger partial charge in [-0.3, -0.25) is 0 Å². The topological polar surface area (TPSA) is 40.5 Å². The van der Waals surface area contributed by atoms with Gasteiger partial charge in [0.2, 0.25) is 0 Å². The molecule has 1 fully saturated rings. The van der Waals surface area contributed by atoms with E-state index in [0.717, 1.165) is 30.4 Å². The zero-order valence-corrected chi connectivity index (χ0v) is 13.4. The first kappa shape index (κ1) is 16.0. The highest BCUT2D eigenvalue weighted by Crippen LogP contribution is 2.31. The van der Waals surface area contributed by atoms with Crippen molar-refractivity contribution in [1.82, 2.24) is 4.90 Å². The van der Waals surface area contributed by atoms with Crippen molar-refractivity contribution in [3.05, 3.63) is 35.4 Å². The zero-order valence-electron chi connectivity index (χ0n) is 13.4. The molecule has 0 aromatic heterocycles. The fraction of sp³-hybridized carbons (Fsp3) is 0.611. The number of hydrogen-bond donors (Lipinski definition) is 1. The summed E-state index contributed by atoms with van der Waals surface area (Å²) < 4.78 is 0. The summed E-state index contributed by atoms with van der Waals surface area (Å²) in [6, 6.07) is 7.99. The normalized spacial score (nSPS) is 26.0. The number of nitrogens with zero attached hydrogens (tertiary/aromatic N) is 1. The summed E-state index contributed by atoms with van der Waals surface area (Å²) >= 11 is 0. The fourth-order valence-corrected chi connectivity index (χ4v) is 3.69. The molecule has 1 aliphatic carbocycles. The summed E-state index contributed by atoms with van der Waals surface area (Å²) in [5.41, 5.74) is 1.38. The largest absolute Gasteiger partial charge is 0.478 e. The predicted octanol–water partition coefficient (Wildman–Crippen LogP) is 3.68. The Labute approximate surface area is 128 Å². The molecule has 2 rings (SSSR count). The standard InChI is InChI=1S/C18H27NO2/c1-13-10-14(2)12-16(11-13)19(3)9-8-15-6-4-5-7-17(15)18(20)21/h4-7,13-14,16H,8-12H2,1-3H3,(H,20,21). The maximum Gasteiger partial charge on any atom is 0.335 e. The van der Waals surface area contributed by atoms with E-state index in [1.165, 1.54) is 19.3 Å². The first-order chi connectivity index (χ1) is 9.97. The molecule has 3 heteroatoms. The number of carbonyl (C=O) groups is 1. The van der Waals surface area contributed by atoms with Crippen molar-refractivity contribution in [3.63, 3.8) is 0 Å². The van der Waals surface area contributed by atoms with Crippen molar-refractivity contribution in [2.75, 3.05) is 13.6 Å². The maximum atomic E-state index is 11.2. The van der Waals surface area contributed by atoms with E-state index in [-0.39, 0.29) is 0 Å². The van der Waals surface area contributed by atoms with Gasteiger partial charge in [-0.15, -0.1) is 0 Å². The van der Waals surface area contributed by atoms with Crippen LogP contribution in [0.2, 0.25) is 0 Å². The molecule has 1 aromatic rings. The molecule has 2 atom stereocenters. The molecule has 3 nitrogen and oxygen atoms in total. The van der Waals surface area contributed by atoms with Crippen LogP contribution in [-0.4, -0.2) is 35.6 Å². The Kier molecular flexibility index (Phi) is 5.40. The van der Waals surface area contributed by atoms with Gasteiger partial charge >= 0.3 is 5.97 Å². The van der Waals surface area contributed by atoms with Crippen LogP contribution < -0.4 is 0 Å². The van der Waals surface area contributed by atoms with Gasteiger partial charge in [-0.2, -0.15) is 0 Å². The first-order valence-electron chi connectivity index (χ1n) is 7.98. The summed E-state index contributed by atoms with van der Waals surface area (Å²) in [6.45, 7) is 5.61. The van der Waals surface area contributed by atoms with Crippen LogP contribution >= 0.6 is 0 Å². The lowest BCUT2D eigenvalue weighted by Gasteiger charge is -2.37. The van der Waals surface area contributed by atoms with E-state index in [0.29, 0.717) is 11.6 Å². The van der Waals surface area contributed by atoms with Crippen molar-refractivity contribution in [1.29, 1.82) is 0 Å². The van der Waals surface area contributed by atoms with E-state index in [4.69, 9.17) is 0 Å². The molecular weight excluding hydrogens is 262 g/mol. The molecule has 0 spiro atoms. The minimum Gasteiger partial charge on any atom is -0.478 e. The van der Waals surface area contributed by atoms with Gasteiger partial charge in [-0.25, -0.2) is 4.79 Å². The van der Waals surface area contributed by atoms with E-state index in [1.54, 1.807) is 12.1 Å². The maximum absolute atomic E-state index is 11.2. The van der Waals surface area contributed by atoms with Gasteiger partial charge in [0.1, 0.15) is 0 Å². The third kappa shape index (κ3) is 4.31. The van der Waals surface area contributed by atoms with Gasteiger partial charge in [0, 0.05) is 12.6 Å². The van der Waals surface area contributed by atoms with Crippen LogP contribution in [0.3, 0.4) is 0 Å². The fourth-order valence-electron chi connectivity index (χ4n) is 3.69. The average molecular weight is 289 g/mol. The zero-order chi connectivity index (χ0) is 15.4. The van der Waals surface area contributed by atoms with E-state index in [9.17, 15) is 9.90 Å². The lowest BCUT2D eigenvalue weighted by atomic mass is 9.80. The molecular formula is C18H27NO2. The van der Waals surface area contributed by atoms with E-state index < -0.39 is 5.97 Å². The third-order valence-corrected chi connectivity index (χ3v) is 4.76. The average Bonchev–Trinajstić information content (AvgIpc) is 2.43. The van der Waals surface area contributed by atoms with Crippen LogP contribution in [0.15, 0.2) is 24.3 Å². The van der Waals surface area contributed by atoms with Crippen LogP contribution in [0.4, 0.5) is 0 Å². The number of carboxylic acid groups (broad SMARTS) is 1.